The number of anilines is 2. The van der Waals surface area contributed by atoms with E-state index in [4.69, 9.17) is 11.6 Å². The summed E-state index contributed by atoms with van der Waals surface area (Å²) in [6.07, 6.45) is -4.47. The molecule has 0 aliphatic carbocycles. The minimum Gasteiger partial charge on any atom is -0.318 e. The van der Waals surface area contributed by atoms with Crippen LogP contribution in [0, 0.1) is 6.92 Å². The molecule has 0 saturated heterocycles. The summed E-state index contributed by atoms with van der Waals surface area (Å²) in [5.41, 5.74) is 0.301. The van der Waals surface area contributed by atoms with Crippen molar-refractivity contribution in [1.29, 1.82) is 0 Å². The first-order chi connectivity index (χ1) is 11.2. The van der Waals surface area contributed by atoms with Crippen molar-refractivity contribution < 1.29 is 22.8 Å². The summed E-state index contributed by atoms with van der Waals surface area (Å²) >= 11 is 5.82. The molecule has 0 spiro atoms. The van der Waals surface area contributed by atoms with Gasteiger partial charge in [-0.25, -0.2) is 0 Å². The molecule has 0 aliphatic heterocycles. The van der Waals surface area contributed by atoms with Crippen molar-refractivity contribution in [1.82, 2.24) is 0 Å². The number of amides is 2. The summed E-state index contributed by atoms with van der Waals surface area (Å²) in [5, 5.41) is 5.00. The zero-order valence-electron chi connectivity index (χ0n) is 12.4. The number of alkyl halides is 3. The molecule has 4 nitrogen and oxygen atoms in total. The highest BCUT2D eigenvalue weighted by molar-refractivity contribution is 6.43. The van der Waals surface area contributed by atoms with Gasteiger partial charge in [-0.15, -0.1) is 0 Å². The van der Waals surface area contributed by atoms with Crippen LogP contribution in [0.3, 0.4) is 0 Å². The summed E-state index contributed by atoms with van der Waals surface area (Å²) in [4.78, 5) is 23.7. The Labute approximate surface area is 140 Å². The Morgan fingerprint density at radius 2 is 1.54 bits per heavy atom. The monoisotopic (exact) mass is 356 g/mol. The molecule has 0 atom stereocenters. The molecule has 0 fully saturated rings. The van der Waals surface area contributed by atoms with Crippen LogP contribution in [0.15, 0.2) is 42.5 Å². The minimum atomic E-state index is -4.47. The van der Waals surface area contributed by atoms with Crippen molar-refractivity contribution in [3.8, 4) is 0 Å². The molecule has 2 amide bonds. The van der Waals surface area contributed by atoms with Gasteiger partial charge in [0.25, 0.3) is 0 Å². The Hall–Kier alpha value is -2.54. The fraction of sp³-hybridized carbons (Fsp3) is 0.125. The zero-order valence-corrected chi connectivity index (χ0v) is 13.1. The highest BCUT2D eigenvalue weighted by Crippen LogP contribution is 2.29. The quantitative estimate of drug-likeness (QED) is 0.790. The molecule has 0 radical (unpaired) electrons. The number of nitrogens with one attached hydrogen (secondary N) is 2. The zero-order chi connectivity index (χ0) is 17.9. The lowest BCUT2D eigenvalue weighted by Gasteiger charge is -2.10. The minimum absolute atomic E-state index is 0.0750. The van der Waals surface area contributed by atoms with Crippen LogP contribution in [0.1, 0.15) is 11.1 Å². The highest BCUT2D eigenvalue weighted by Gasteiger charge is 2.30. The Morgan fingerprint density at radius 1 is 0.958 bits per heavy atom. The van der Waals surface area contributed by atoms with Crippen LogP contribution in [0.2, 0.25) is 5.02 Å². The van der Waals surface area contributed by atoms with Gasteiger partial charge >= 0.3 is 18.0 Å². The van der Waals surface area contributed by atoms with Gasteiger partial charge in [-0.05, 0) is 48.9 Å². The van der Waals surface area contributed by atoms with Crippen LogP contribution in [0.25, 0.3) is 0 Å². The van der Waals surface area contributed by atoms with E-state index < -0.39 is 23.6 Å². The average molecular weight is 357 g/mol. The molecule has 8 heteroatoms. The number of carbonyl (C=O) groups excluding carboxylic acids is 2. The van der Waals surface area contributed by atoms with Gasteiger partial charge in [0.05, 0.1) is 5.56 Å². The lowest BCUT2D eigenvalue weighted by Crippen LogP contribution is -2.29. The van der Waals surface area contributed by atoms with E-state index in [1.54, 1.807) is 19.1 Å². The summed E-state index contributed by atoms with van der Waals surface area (Å²) < 4.78 is 37.4. The molecule has 24 heavy (non-hydrogen) atoms. The second kappa shape index (κ2) is 6.92. The van der Waals surface area contributed by atoms with Gasteiger partial charge in [-0.1, -0.05) is 17.7 Å². The topological polar surface area (TPSA) is 58.2 Å². The number of benzene rings is 2. The fourth-order valence-electron chi connectivity index (χ4n) is 1.84. The standard InChI is InChI=1S/C16H12ClF3N2O2/c1-9-2-5-11(17)8-13(9)22-15(24)14(23)21-12-6-3-10(4-7-12)16(18,19)20/h2-8H,1H3,(H,21,23)(H,22,24). The van der Waals surface area contributed by atoms with Gasteiger partial charge in [-0.2, -0.15) is 13.2 Å². The van der Waals surface area contributed by atoms with Gasteiger partial charge in [0.15, 0.2) is 0 Å². The van der Waals surface area contributed by atoms with Gasteiger partial charge in [0.2, 0.25) is 0 Å². The van der Waals surface area contributed by atoms with Crippen molar-refractivity contribution in [2.75, 3.05) is 10.6 Å². The molecular weight excluding hydrogens is 345 g/mol. The molecule has 2 aromatic rings. The van der Waals surface area contributed by atoms with E-state index in [0.717, 1.165) is 24.3 Å². The van der Waals surface area contributed by atoms with Crippen LogP contribution in [-0.2, 0) is 15.8 Å². The molecule has 2 aromatic carbocycles. The summed E-state index contributed by atoms with van der Waals surface area (Å²) in [5.74, 6) is -1.96. The maximum Gasteiger partial charge on any atom is 0.416 e. The number of halogens is 4. The van der Waals surface area contributed by atoms with E-state index in [1.807, 2.05) is 0 Å². The lowest BCUT2D eigenvalue weighted by molar-refractivity contribution is -0.137. The highest BCUT2D eigenvalue weighted by atomic mass is 35.5. The van der Waals surface area contributed by atoms with Crippen LogP contribution in [0.5, 0.6) is 0 Å². The second-order valence-electron chi connectivity index (χ2n) is 4.94. The first-order valence-corrected chi connectivity index (χ1v) is 7.10. The first-order valence-electron chi connectivity index (χ1n) is 6.72. The molecule has 126 valence electrons. The maximum atomic E-state index is 12.5. The van der Waals surface area contributed by atoms with Crippen LogP contribution in [-0.4, -0.2) is 11.8 Å². The van der Waals surface area contributed by atoms with Crippen LogP contribution < -0.4 is 10.6 Å². The van der Waals surface area contributed by atoms with Crippen molar-refractivity contribution >= 4 is 34.8 Å². The fourth-order valence-corrected chi connectivity index (χ4v) is 2.01. The maximum absolute atomic E-state index is 12.5. The molecule has 0 heterocycles. The van der Waals surface area contributed by atoms with Gasteiger partial charge < -0.3 is 10.6 Å². The van der Waals surface area contributed by atoms with Crippen LogP contribution in [0.4, 0.5) is 24.5 Å². The third kappa shape index (κ3) is 4.48. The van der Waals surface area contributed by atoms with E-state index in [-0.39, 0.29) is 5.69 Å². The predicted octanol–water partition coefficient (Wildman–Crippen LogP) is 4.24. The van der Waals surface area contributed by atoms with E-state index in [2.05, 4.69) is 10.6 Å². The Bertz CT molecular complexity index is 774. The first kappa shape index (κ1) is 17.8. The molecule has 0 aromatic heterocycles. The lowest BCUT2D eigenvalue weighted by atomic mass is 10.2. The number of hydrogen-bond acceptors (Lipinski definition) is 2. The van der Waals surface area contributed by atoms with Crippen molar-refractivity contribution in [3.63, 3.8) is 0 Å². The largest absolute Gasteiger partial charge is 0.416 e. The summed E-state index contributed by atoms with van der Waals surface area (Å²) in [6, 6.07) is 8.56. The Morgan fingerprint density at radius 3 is 2.12 bits per heavy atom. The molecule has 2 N–H and O–H groups in total. The molecule has 0 unspecified atom stereocenters. The molecular formula is C16H12ClF3N2O2. The van der Waals surface area contributed by atoms with E-state index in [0.29, 0.717) is 16.3 Å². The smallest absolute Gasteiger partial charge is 0.318 e. The third-order valence-corrected chi connectivity index (χ3v) is 3.36. The van der Waals surface area contributed by atoms with E-state index in [1.165, 1.54) is 6.07 Å². The second-order valence-corrected chi connectivity index (χ2v) is 5.38. The number of rotatable bonds is 2. The normalized spacial score (nSPS) is 11.0. The molecule has 2 rings (SSSR count). The predicted molar refractivity (Wildman–Crippen MR) is 84.9 cm³/mol. The average Bonchev–Trinajstić information content (AvgIpc) is 2.50. The third-order valence-electron chi connectivity index (χ3n) is 3.12. The molecule has 0 aliphatic rings. The summed E-state index contributed by atoms with van der Waals surface area (Å²) in [7, 11) is 0. The van der Waals surface area contributed by atoms with Gasteiger partial charge in [0.1, 0.15) is 0 Å². The van der Waals surface area contributed by atoms with Crippen LogP contribution >= 0.6 is 11.6 Å². The number of hydrogen-bond donors (Lipinski definition) is 2. The van der Waals surface area contributed by atoms with Crippen molar-refractivity contribution in [2.45, 2.75) is 13.1 Å². The molecule has 0 bridgehead atoms. The Kier molecular flexibility index (Phi) is 5.14. The van der Waals surface area contributed by atoms with Gasteiger partial charge in [-0.3, -0.25) is 9.59 Å². The van der Waals surface area contributed by atoms with Crippen molar-refractivity contribution in [2.24, 2.45) is 0 Å². The Balaban J connectivity index is 2.04. The van der Waals surface area contributed by atoms with Gasteiger partial charge in [0, 0.05) is 16.4 Å². The van der Waals surface area contributed by atoms with E-state index >= 15 is 0 Å². The van der Waals surface area contributed by atoms with E-state index in [9.17, 15) is 22.8 Å². The van der Waals surface area contributed by atoms with Crippen molar-refractivity contribution in [3.05, 3.63) is 58.6 Å². The summed E-state index contributed by atoms with van der Waals surface area (Å²) in [6.45, 7) is 1.72. The molecule has 0 saturated carbocycles. The number of carbonyl (C=O) groups is 2. The SMILES string of the molecule is Cc1ccc(Cl)cc1NC(=O)C(=O)Nc1ccc(C(F)(F)F)cc1. The number of aryl methyl sites for hydroxylation is 1.